The third-order valence-corrected chi connectivity index (χ3v) is 4.52. The zero-order chi connectivity index (χ0) is 19.9. The van der Waals surface area contributed by atoms with Crippen molar-refractivity contribution in [2.24, 2.45) is 0 Å². The number of carbonyl (C=O) groups excluding carboxylic acids is 1. The Bertz CT molecular complexity index is 1030. The van der Waals surface area contributed by atoms with Crippen molar-refractivity contribution in [1.29, 1.82) is 0 Å². The summed E-state index contributed by atoms with van der Waals surface area (Å²) < 4.78 is 5.86. The van der Waals surface area contributed by atoms with E-state index < -0.39 is 0 Å². The van der Waals surface area contributed by atoms with E-state index in [2.05, 4.69) is 10.3 Å². The highest BCUT2D eigenvalue weighted by Crippen LogP contribution is 2.24. The van der Waals surface area contributed by atoms with Crippen LogP contribution in [0, 0.1) is 0 Å². The van der Waals surface area contributed by atoms with E-state index in [0.29, 0.717) is 11.3 Å². The molecule has 0 aliphatic heterocycles. The van der Waals surface area contributed by atoms with E-state index in [4.69, 9.17) is 4.74 Å². The van der Waals surface area contributed by atoms with E-state index in [9.17, 15) is 4.79 Å². The third-order valence-electron chi connectivity index (χ3n) is 4.52. The van der Waals surface area contributed by atoms with Crippen LogP contribution in [0.15, 0.2) is 109 Å². The molecule has 4 aromatic rings. The molecule has 1 heterocycles. The second-order valence-corrected chi connectivity index (χ2v) is 6.54. The fourth-order valence-electron chi connectivity index (χ4n) is 3.10. The lowest BCUT2D eigenvalue weighted by Gasteiger charge is -2.20. The van der Waals surface area contributed by atoms with E-state index in [0.717, 1.165) is 16.9 Å². The summed E-state index contributed by atoms with van der Waals surface area (Å²) in [6.45, 7) is 0. The van der Waals surface area contributed by atoms with Gasteiger partial charge < -0.3 is 10.1 Å². The number of benzene rings is 3. The van der Waals surface area contributed by atoms with Crippen molar-refractivity contribution in [3.8, 4) is 11.5 Å². The highest BCUT2D eigenvalue weighted by atomic mass is 16.5. The van der Waals surface area contributed by atoms with Crippen molar-refractivity contribution in [2.45, 2.75) is 6.04 Å². The Balaban J connectivity index is 1.57. The van der Waals surface area contributed by atoms with Crippen LogP contribution in [0.4, 0.5) is 0 Å². The van der Waals surface area contributed by atoms with Crippen LogP contribution in [0.1, 0.15) is 27.5 Å². The van der Waals surface area contributed by atoms with Crippen molar-refractivity contribution >= 4 is 5.91 Å². The van der Waals surface area contributed by atoms with Gasteiger partial charge in [0.25, 0.3) is 5.91 Å². The first-order valence-corrected chi connectivity index (χ1v) is 9.38. The molecule has 1 aromatic heterocycles. The maximum atomic E-state index is 13.0. The molecule has 0 radical (unpaired) electrons. The number of pyridine rings is 1. The van der Waals surface area contributed by atoms with Gasteiger partial charge in [-0.25, -0.2) is 0 Å². The average Bonchev–Trinajstić information content (AvgIpc) is 2.79. The lowest BCUT2D eigenvalue weighted by atomic mass is 9.99. The first kappa shape index (κ1) is 18.4. The van der Waals surface area contributed by atoms with E-state index in [-0.39, 0.29) is 11.9 Å². The number of ether oxygens (including phenoxy) is 1. The molecular weight excluding hydrogens is 360 g/mol. The van der Waals surface area contributed by atoms with Gasteiger partial charge in [0, 0.05) is 18.0 Å². The van der Waals surface area contributed by atoms with Gasteiger partial charge in [-0.1, -0.05) is 54.6 Å². The smallest absolute Gasteiger partial charge is 0.252 e. The predicted octanol–water partition coefficient (Wildman–Crippen LogP) is 5.39. The number of nitrogens with one attached hydrogen (secondary N) is 1. The Morgan fingerprint density at radius 3 is 2.07 bits per heavy atom. The Hall–Kier alpha value is -3.92. The van der Waals surface area contributed by atoms with Gasteiger partial charge in [0.15, 0.2) is 0 Å². The van der Waals surface area contributed by atoms with E-state index in [1.54, 1.807) is 24.5 Å². The Labute approximate surface area is 169 Å². The molecule has 0 fully saturated rings. The minimum absolute atomic E-state index is 0.172. The van der Waals surface area contributed by atoms with Crippen LogP contribution in [-0.2, 0) is 0 Å². The maximum absolute atomic E-state index is 13.0. The Morgan fingerprint density at radius 1 is 0.724 bits per heavy atom. The Kier molecular flexibility index (Phi) is 5.63. The zero-order valence-corrected chi connectivity index (χ0v) is 15.7. The number of amides is 1. The van der Waals surface area contributed by atoms with Crippen LogP contribution in [0.3, 0.4) is 0 Å². The van der Waals surface area contributed by atoms with Crippen molar-refractivity contribution < 1.29 is 9.53 Å². The molecule has 4 rings (SSSR count). The average molecular weight is 380 g/mol. The molecule has 0 unspecified atom stereocenters. The molecule has 1 atom stereocenters. The molecule has 29 heavy (non-hydrogen) atoms. The molecule has 0 aliphatic carbocycles. The molecule has 0 bridgehead atoms. The number of rotatable bonds is 6. The van der Waals surface area contributed by atoms with Gasteiger partial charge in [0.2, 0.25) is 0 Å². The van der Waals surface area contributed by atoms with Crippen molar-refractivity contribution in [2.75, 3.05) is 0 Å². The van der Waals surface area contributed by atoms with Crippen molar-refractivity contribution in [3.63, 3.8) is 0 Å². The molecule has 0 saturated carbocycles. The van der Waals surface area contributed by atoms with Gasteiger partial charge in [-0.3, -0.25) is 9.78 Å². The number of aromatic nitrogens is 1. The van der Waals surface area contributed by atoms with E-state index in [1.165, 1.54) is 0 Å². The molecule has 0 spiro atoms. The fourth-order valence-corrected chi connectivity index (χ4v) is 3.10. The quantitative estimate of drug-likeness (QED) is 0.488. The van der Waals surface area contributed by atoms with Crippen LogP contribution in [0.25, 0.3) is 0 Å². The summed E-state index contributed by atoms with van der Waals surface area (Å²) in [5, 5.41) is 3.13. The maximum Gasteiger partial charge on any atom is 0.252 e. The predicted molar refractivity (Wildman–Crippen MR) is 113 cm³/mol. The summed E-state index contributed by atoms with van der Waals surface area (Å²) in [4.78, 5) is 17.1. The highest BCUT2D eigenvalue weighted by Gasteiger charge is 2.18. The monoisotopic (exact) mass is 380 g/mol. The number of hydrogen-bond acceptors (Lipinski definition) is 3. The molecule has 1 amide bonds. The molecule has 4 heteroatoms. The molecule has 0 saturated heterocycles. The normalized spacial score (nSPS) is 11.4. The standard InChI is InChI=1S/C25H20N2O2/c28-25(21-10-7-13-23(18-21)29-22-11-5-2-6-12-22)27-24(19-8-3-1-4-9-19)20-14-16-26-17-15-20/h1-18,24H,(H,27,28)/t24-/m1/s1. The van der Waals surface area contributed by atoms with E-state index in [1.807, 2.05) is 84.9 Å². The topological polar surface area (TPSA) is 51.2 Å². The molecule has 4 nitrogen and oxygen atoms in total. The first-order chi connectivity index (χ1) is 14.3. The largest absolute Gasteiger partial charge is 0.457 e. The molecule has 142 valence electrons. The highest BCUT2D eigenvalue weighted by molar-refractivity contribution is 5.95. The zero-order valence-electron chi connectivity index (χ0n) is 15.7. The third kappa shape index (κ3) is 4.68. The molecule has 0 aliphatic rings. The SMILES string of the molecule is O=C(N[C@H](c1ccccc1)c1ccncc1)c1cccc(Oc2ccccc2)c1. The van der Waals surface area contributed by atoms with Crippen molar-refractivity contribution in [1.82, 2.24) is 10.3 Å². The van der Waals surface area contributed by atoms with Crippen LogP contribution in [0.5, 0.6) is 11.5 Å². The van der Waals surface area contributed by atoms with Crippen LogP contribution >= 0.6 is 0 Å². The summed E-state index contributed by atoms with van der Waals surface area (Å²) in [5.74, 6) is 1.17. The van der Waals surface area contributed by atoms with Gasteiger partial charge in [-0.05, 0) is 53.6 Å². The van der Waals surface area contributed by atoms with Gasteiger partial charge in [-0.2, -0.15) is 0 Å². The van der Waals surface area contributed by atoms with Gasteiger partial charge in [0.1, 0.15) is 11.5 Å². The summed E-state index contributed by atoms with van der Waals surface area (Å²) in [7, 11) is 0. The number of carbonyl (C=O) groups is 1. The number of para-hydroxylation sites is 1. The minimum atomic E-state index is -0.273. The fraction of sp³-hybridized carbons (Fsp3) is 0.0400. The van der Waals surface area contributed by atoms with Gasteiger partial charge in [-0.15, -0.1) is 0 Å². The Morgan fingerprint density at radius 2 is 1.34 bits per heavy atom. The lowest BCUT2D eigenvalue weighted by molar-refractivity contribution is 0.0942. The number of nitrogens with zero attached hydrogens (tertiary/aromatic N) is 1. The van der Waals surface area contributed by atoms with Crippen LogP contribution < -0.4 is 10.1 Å². The molecule has 1 N–H and O–H groups in total. The summed E-state index contributed by atoms with van der Waals surface area (Å²) in [6, 6.07) is 30.1. The minimum Gasteiger partial charge on any atom is -0.457 e. The summed E-state index contributed by atoms with van der Waals surface area (Å²) in [5.41, 5.74) is 2.51. The first-order valence-electron chi connectivity index (χ1n) is 9.38. The summed E-state index contributed by atoms with van der Waals surface area (Å²) >= 11 is 0. The molecular formula is C25H20N2O2. The number of hydrogen-bond donors (Lipinski definition) is 1. The van der Waals surface area contributed by atoms with Gasteiger partial charge >= 0.3 is 0 Å². The second kappa shape index (κ2) is 8.85. The van der Waals surface area contributed by atoms with Crippen molar-refractivity contribution in [3.05, 3.63) is 126 Å². The van der Waals surface area contributed by atoms with Gasteiger partial charge in [0.05, 0.1) is 6.04 Å². The summed E-state index contributed by atoms with van der Waals surface area (Å²) in [6.07, 6.45) is 3.46. The van der Waals surface area contributed by atoms with E-state index >= 15 is 0 Å². The lowest BCUT2D eigenvalue weighted by Crippen LogP contribution is -2.29. The second-order valence-electron chi connectivity index (χ2n) is 6.54. The van der Waals surface area contributed by atoms with Crippen LogP contribution in [-0.4, -0.2) is 10.9 Å². The van der Waals surface area contributed by atoms with Crippen LogP contribution in [0.2, 0.25) is 0 Å². The molecule has 3 aromatic carbocycles.